The molecule has 100 valence electrons. The lowest BCUT2D eigenvalue weighted by molar-refractivity contribution is 0.0995. The van der Waals surface area contributed by atoms with Crippen molar-refractivity contribution in [3.8, 4) is 0 Å². The van der Waals surface area contributed by atoms with E-state index in [1.165, 1.54) is 0 Å². The van der Waals surface area contributed by atoms with Gasteiger partial charge in [0.2, 0.25) is 0 Å². The Labute approximate surface area is 112 Å². The minimum atomic E-state index is -0.247. The highest BCUT2D eigenvalue weighted by atomic mass is 16.4. The maximum Gasteiger partial charge on any atom is 0.291 e. The topological polar surface area (TPSA) is 68.3 Å². The monoisotopic (exact) mass is 258 g/mol. The lowest BCUT2D eigenvalue weighted by Crippen LogP contribution is -2.12. The van der Waals surface area contributed by atoms with Crippen LogP contribution in [0.1, 0.15) is 35.2 Å². The van der Waals surface area contributed by atoms with Crippen molar-refractivity contribution in [3.63, 3.8) is 0 Å². The van der Waals surface area contributed by atoms with Gasteiger partial charge in [0, 0.05) is 5.69 Å². The van der Waals surface area contributed by atoms with Crippen molar-refractivity contribution in [2.24, 2.45) is 5.73 Å². The highest BCUT2D eigenvalue weighted by Gasteiger charge is 2.12. The number of anilines is 1. The molecule has 0 bridgehead atoms. The molecule has 0 aliphatic carbocycles. The molecule has 4 heteroatoms. The van der Waals surface area contributed by atoms with Crippen LogP contribution in [0.25, 0.3) is 0 Å². The summed E-state index contributed by atoms with van der Waals surface area (Å²) < 4.78 is 5.33. The SMILES string of the molecule is CCCc1ccccc1NC(=O)c1ccc(CN)o1. The van der Waals surface area contributed by atoms with Gasteiger partial charge in [-0.3, -0.25) is 4.79 Å². The minimum absolute atomic E-state index is 0.247. The maximum atomic E-state index is 12.1. The van der Waals surface area contributed by atoms with E-state index in [1.54, 1.807) is 12.1 Å². The molecule has 0 radical (unpaired) electrons. The third kappa shape index (κ3) is 3.23. The number of carbonyl (C=O) groups is 1. The van der Waals surface area contributed by atoms with E-state index >= 15 is 0 Å². The Morgan fingerprint density at radius 1 is 1.26 bits per heavy atom. The molecular weight excluding hydrogens is 240 g/mol. The minimum Gasteiger partial charge on any atom is -0.455 e. The fourth-order valence-electron chi connectivity index (χ4n) is 1.92. The number of nitrogens with one attached hydrogen (secondary N) is 1. The fraction of sp³-hybridized carbons (Fsp3) is 0.267. The number of para-hydroxylation sites is 1. The van der Waals surface area contributed by atoms with Gasteiger partial charge in [-0.05, 0) is 30.2 Å². The molecule has 19 heavy (non-hydrogen) atoms. The van der Waals surface area contributed by atoms with Gasteiger partial charge in [-0.2, -0.15) is 0 Å². The molecule has 2 rings (SSSR count). The van der Waals surface area contributed by atoms with Crippen LogP contribution in [-0.4, -0.2) is 5.91 Å². The highest BCUT2D eigenvalue weighted by molar-refractivity contribution is 6.02. The zero-order valence-electron chi connectivity index (χ0n) is 11.0. The van der Waals surface area contributed by atoms with Crippen molar-refractivity contribution in [1.29, 1.82) is 0 Å². The molecule has 0 atom stereocenters. The van der Waals surface area contributed by atoms with Crippen LogP contribution < -0.4 is 11.1 Å². The van der Waals surface area contributed by atoms with E-state index < -0.39 is 0 Å². The van der Waals surface area contributed by atoms with Crippen LogP contribution in [0.2, 0.25) is 0 Å². The number of furan rings is 1. The van der Waals surface area contributed by atoms with Crippen molar-refractivity contribution in [2.45, 2.75) is 26.3 Å². The highest BCUT2D eigenvalue weighted by Crippen LogP contribution is 2.18. The zero-order valence-corrected chi connectivity index (χ0v) is 11.0. The first kappa shape index (κ1) is 13.4. The Kier molecular flexibility index (Phi) is 4.36. The maximum absolute atomic E-state index is 12.1. The number of hydrogen-bond donors (Lipinski definition) is 2. The number of rotatable bonds is 5. The van der Waals surface area contributed by atoms with Gasteiger partial charge >= 0.3 is 0 Å². The van der Waals surface area contributed by atoms with E-state index in [4.69, 9.17) is 10.2 Å². The average Bonchev–Trinajstić information content (AvgIpc) is 2.90. The van der Waals surface area contributed by atoms with Gasteiger partial charge in [-0.25, -0.2) is 0 Å². The van der Waals surface area contributed by atoms with Gasteiger partial charge < -0.3 is 15.5 Å². The summed E-state index contributed by atoms with van der Waals surface area (Å²) in [6, 6.07) is 11.2. The quantitative estimate of drug-likeness (QED) is 0.866. The van der Waals surface area contributed by atoms with E-state index in [1.807, 2.05) is 24.3 Å². The predicted octanol–water partition coefficient (Wildman–Crippen LogP) is 2.94. The first-order valence-electron chi connectivity index (χ1n) is 6.42. The predicted molar refractivity (Wildman–Crippen MR) is 75.0 cm³/mol. The van der Waals surface area contributed by atoms with Gasteiger partial charge in [-0.15, -0.1) is 0 Å². The van der Waals surface area contributed by atoms with E-state index in [-0.39, 0.29) is 11.7 Å². The van der Waals surface area contributed by atoms with Crippen LogP contribution in [0, 0.1) is 0 Å². The number of amides is 1. The van der Waals surface area contributed by atoms with Gasteiger partial charge in [0.25, 0.3) is 5.91 Å². The van der Waals surface area contributed by atoms with Gasteiger partial charge in [0.1, 0.15) is 5.76 Å². The Morgan fingerprint density at radius 2 is 2.05 bits per heavy atom. The van der Waals surface area contributed by atoms with Crippen LogP contribution in [0.3, 0.4) is 0 Å². The molecule has 1 heterocycles. The number of aryl methyl sites for hydroxylation is 1. The molecule has 0 saturated carbocycles. The smallest absolute Gasteiger partial charge is 0.291 e. The van der Waals surface area contributed by atoms with Crippen molar-refractivity contribution in [2.75, 3.05) is 5.32 Å². The van der Waals surface area contributed by atoms with Crippen LogP contribution in [0.5, 0.6) is 0 Å². The molecule has 2 aromatic rings. The van der Waals surface area contributed by atoms with Crippen LogP contribution in [0.4, 0.5) is 5.69 Å². The summed E-state index contributed by atoms with van der Waals surface area (Å²) in [5, 5.41) is 2.88. The van der Waals surface area contributed by atoms with Crippen LogP contribution in [-0.2, 0) is 13.0 Å². The molecule has 0 aliphatic rings. The Balaban J connectivity index is 2.14. The van der Waals surface area contributed by atoms with E-state index in [2.05, 4.69) is 12.2 Å². The van der Waals surface area contributed by atoms with Gasteiger partial charge in [0.05, 0.1) is 6.54 Å². The van der Waals surface area contributed by atoms with Crippen molar-refractivity contribution < 1.29 is 9.21 Å². The largest absolute Gasteiger partial charge is 0.455 e. The Morgan fingerprint density at radius 3 is 2.74 bits per heavy atom. The first-order valence-corrected chi connectivity index (χ1v) is 6.42. The molecule has 0 fully saturated rings. The van der Waals surface area contributed by atoms with Crippen LogP contribution >= 0.6 is 0 Å². The average molecular weight is 258 g/mol. The fourth-order valence-corrected chi connectivity index (χ4v) is 1.92. The van der Waals surface area contributed by atoms with Gasteiger partial charge in [0.15, 0.2) is 5.76 Å². The first-order chi connectivity index (χ1) is 9.24. The molecule has 0 aliphatic heterocycles. The standard InChI is InChI=1S/C15H18N2O2/c1-2-5-11-6-3-4-7-13(11)17-15(18)14-9-8-12(10-16)19-14/h3-4,6-9H,2,5,10,16H2,1H3,(H,17,18). The number of nitrogens with two attached hydrogens (primary N) is 1. The summed E-state index contributed by atoms with van der Waals surface area (Å²) in [7, 11) is 0. The van der Waals surface area contributed by atoms with E-state index in [0.717, 1.165) is 24.1 Å². The molecule has 0 unspecified atom stereocenters. The lowest BCUT2D eigenvalue weighted by Gasteiger charge is -2.09. The molecule has 1 aromatic carbocycles. The molecule has 0 spiro atoms. The molecule has 4 nitrogen and oxygen atoms in total. The van der Waals surface area contributed by atoms with Crippen molar-refractivity contribution in [1.82, 2.24) is 0 Å². The number of benzene rings is 1. The molecular formula is C15H18N2O2. The molecule has 3 N–H and O–H groups in total. The molecule has 1 amide bonds. The second kappa shape index (κ2) is 6.20. The van der Waals surface area contributed by atoms with Crippen molar-refractivity contribution in [3.05, 3.63) is 53.5 Å². The lowest BCUT2D eigenvalue weighted by atomic mass is 10.1. The summed E-state index contributed by atoms with van der Waals surface area (Å²) in [5.74, 6) is 0.641. The second-order valence-electron chi connectivity index (χ2n) is 4.33. The third-order valence-electron chi connectivity index (χ3n) is 2.87. The summed E-state index contributed by atoms with van der Waals surface area (Å²) in [5.41, 5.74) is 7.42. The van der Waals surface area contributed by atoms with Crippen LogP contribution in [0.15, 0.2) is 40.8 Å². The second-order valence-corrected chi connectivity index (χ2v) is 4.33. The van der Waals surface area contributed by atoms with Gasteiger partial charge in [-0.1, -0.05) is 31.5 Å². The Bertz CT molecular complexity index is 561. The summed E-state index contributed by atoms with van der Waals surface area (Å²) in [6.07, 6.45) is 1.97. The zero-order chi connectivity index (χ0) is 13.7. The third-order valence-corrected chi connectivity index (χ3v) is 2.87. The molecule has 0 saturated heterocycles. The number of hydrogen-bond acceptors (Lipinski definition) is 3. The van der Waals surface area contributed by atoms with Crippen molar-refractivity contribution >= 4 is 11.6 Å². The van der Waals surface area contributed by atoms with E-state index in [9.17, 15) is 4.79 Å². The van der Waals surface area contributed by atoms with E-state index in [0.29, 0.717) is 12.3 Å². The summed E-state index contributed by atoms with van der Waals surface area (Å²) in [4.78, 5) is 12.1. The molecule has 1 aromatic heterocycles. The summed E-state index contributed by atoms with van der Waals surface area (Å²) >= 11 is 0. The Hall–Kier alpha value is -2.07. The summed E-state index contributed by atoms with van der Waals surface area (Å²) in [6.45, 7) is 2.40. The normalized spacial score (nSPS) is 10.4. The number of carbonyl (C=O) groups excluding carboxylic acids is 1.